The second-order valence-corrected chi connectivity index (χ2v) is 4.65. The van der Waals surface area contributed by atoms with Crippen molar-refractivity contribution < 1.29 is 4.79 Å². The zero-order valence-electron chi connectivity index (χ0n) is 8.86. The van der Waals surface area contributed by atoms with Gasteiger partial charge in [0.15, 0.2) is 5.78 Å². The van der Waals surface area contributed by atoms with Gasteiger partial charge in [0.2, 0.25) is 0 Å². The smallest absolute Gasteiger partial charge is 0.167 e. The van der Waals surface area contributed by atoms with Crippen molar-refractivity contribution >= 4 is 27.3 Å². The van der Waals surface area contributed by atoms with Crippen LogP contribution in [0.2, 0.25) is 0 Å². The Morgan fingerprint density at radius 2 is 2.40 bits per heavy atom. The molecule has 0 aliphatic carbocycles. The molecule has 15 heavy (non-hydrogen) atoms. The minimum absolute atomic E-state index is 0.0872. The monoisotopic (exact) mass is 219 g/mol. The van der Waals surface area contributed by atoms with Crippen molar-refractivity contribution in [3.63, 3.8) is 0 Å². The summed E-state index contributed by atoms with van der Waals surface area (Å²) in [5.74, 6) is 0.282. The number of ketones is 1. The van der Waals surface area contributed by atoms with Crippen LogP contribution in [0.25, 0.3) is 10.2 Å². The third kappa shape index (κ3) is 1.92. The van der Waals surface area contributed by atoms with Crippen LogP contribution < -0.4 is 0 Å². The summed E-state index contributed by atoms with van der Waals surface area (Å²) in [7, 11) is 0. The summed E-state index contributed by atoms with van der Waals surface area (Å²) in [6, 6.07) is 3.92. The summed E-state index contributed by atoms with van der Waals surface area (Å²) in [4.78, 5) is 16.2. The van der Waals surface area contributed by atoms with Gasteiger partial charge in [-0.2, -0.15) is 0 Å². The molecule has 0 aliphatic rings. The van der Waals surface area contributed by atoms with Crippen LogP contribution in [0.15, 0.2) is 23.7 Å². The maximum absolute atomic E-state index is 11.9. The van der Waals surface area contributed by atoms with Gasteiger partial charge < -0.3 is 0 Å². The Morgan fingerprint density at radius 1 is 1.60 bits per heavy atom. The zero-order valence-corrected chi connectivity index (χ0v) is 9.67. The average molecular weight is 219 g/mol. The number of hydrogen-bond acceptors (Lipinski definition) is 3. The molecule has 1 atom stereocenters. The van der Waals surface area contributed by atoms with E-state index in [1.54, 1.807) is 17.5 Å². The number of carbonyl (C=O) groups excluding carboxylic acids is 1. The highest BCUT2D eigenvalue weighted by Crippen LogP contribution is 2.21. The van der Waals surface area contributed by atoms with E-state index in [1.807, 2.05) is 31.4 Å². The van der Waals surface area contributed by atoms with Crippen molar-refractivity contribution in [2.24, 2.45) is 5.92 Å². The number of rotatable bonds is 3. The van der Waals surface area contributed by atoms with Crippen LogP contribution in [0, 0.1) is 5.92 Å². The van der Waals surface area contributed by atoms with Crippen molar-refractivity contribution in [1.29, 1.82) is 0 Å². The number of nitrogens with zero attached hydrogens (tertiary/aromatic N) is 1. The van der Waals surface area contributed by atoms with Crippen molar-refractivity contribution in [2.45, 2.75) is 20.3 Å². The van der Waals surface area contributed by atoms with Crippen LogP contribution in [0.4, 0.5) is 0 Å². The van der Waals surface area contributed by atoms with Gasteiger partial charge in [0.05, 0.1) is 10.2 Å². The molecule has 78 valence electrons. The van der Waals surface area contributed by atoms with E-state index in [0.717, 1.165) is 22.2 Å². The molecule has 0 fully saturated rings. The van der Waals surface area contributed by atoms with Crippen molar-refractivity contribution in [1.82, 2.24) is 4.98 Å². The lowest BCUT2D eigenvalue weighted by atomic mass is 9.98. The molecule has 0 spiro atoms. The molecule has 0 N–H and O–H groups in total. The van der Waals surface area contributed by atoms with E-state index >= 15 is 0 Å². The fourth-order valence-corrected chi connectivity index (χ4v) is 2.23. The van der Waals surface area contributed by atoms with E-state index in [9.17, 15) is 4.79 Å². The van der Waals surface area contributed by atoms with Crippen LogP contribution in [0.5, 0.6) is 0 Å². The minimum atomic E-state index is 0.0872. The highest BCUT2D eigenvalue weighted by Gasteiger charge is 2.14. The van der Waals surface area contributed by atoms with E-state index in [0.29, 0.717) is 0 Å². The van der Waals surface area contributed by atoms with Crippen LogP contribution in [0.3, 0.4) is 0 Å². The van der Waals surface area contributed by atoms with Gasteiger partial charge in [-0.05, 0) is 23.9 Å². The second kappa shape index (κ2) is 4.11. The summed E-state index contributed by atoms with van der Waals surface area (Å²) in [5, 5.41) is 2.00. The van der Waals surface area contributed by atoms with E-state index < -0.39 is 0 Å². The number of hydrogen-bond donors (Lipinski definition) is 0. The zero-order chi connectivity index (χ0) is 10.8. The van der Waals surface area contributed by atoms with Gasteiger partial charge in [0.25, 0.3) is 0 Å². The summed E-state index contributed by atoms with van der Waals surface area (Å²) >= 11 is 1.62. The fraction of sp³-hybridized carbons (Fsp3) is 0.333. The summed E-state index contributed by atoms with van der Waals surface area (Å²) in [6.45, 7) is 3.99. The molecule has 2 aromatic rings. The lowest BCUT2D eigenvalue weighted by Crippen LogP contribution is -2.10. The molecule has 0 saturated heterocycles. The first kappa shape index (κ1) is 10.3. The average Bonchev–Trinajstić information content (AvgIpc) is 2.73. The van der Waals surface area contributed by atoms with Crippen LogP contribution in [0.1, 0.15) is 30.6 Å². The van der Waals surface area contributed by atoms with Crippen LogP contribution in [-0.4, -0.2) is 10.8 Å². The highest BCUT2D eigenvalue weighted by molar-refractivity contribution is 7.17. The predicted molar refractivity (Wildman–Crippen MR) is 63.4 cm³/mol. The van der Waals surface area contributed by atoms with Gasteiger partial charge in [-0.25, -0.2) is 0 Å². The number of carbonyl (C=O) groups is 1. The maximum atomic E-state index is 11.9. The quantitative estimate of drug-likeness (QED) is 0.739. The number of pyridine rings is 1. The van der Waals surface area contributed by atoms with E-state index in [1.165, 1.54) is 0 Å². The van der Waals surface area contributed by atoms with Gasteiger partial charge in [0, 0.05) is 17.7 Å². The Hall–Kier alpha value is -1.22. The predicted octanol–water partition coefficient (Wildman–Crippen LogP) is 3.53. The topological polar surface area (TPSA) is 30.0 Å². The molecule has 0 amide bonds. The summed E-state index contributed by atoms with van der Waals surface area (Å²) in [5.41, 5.74) is 1.71. The Morgan fingerprint density at radius 3 is 3.13 bits per heavy atom. The molecular formula is C12H13NOS. The molecule has 3 heteroatoms. The van der Waals surface area contributed by atoms with E-state index in [2.05, 4.69) is 4.98 Å². The van der Waals surface area contributed by atoms with Crippen LogP contribution >= 0.6 is 11.3 Å². The first-order valence-electron chi connectivity index (χ1n) is 5.10. The van der Waals surface area contributed by atoms with Gasteiger partial charge in [-0.3, -0.25) is 9.78 Å². The third-order valence-corrected chi connectivity index (χ3v) is 3.50. The van der Waals surface area contributed by atoms with Crippen molar-refractivity contribution in [2.75, 3.05) is 0 Å². The first-order valence-corrected chi connectivity index (χ1v) is 5.97. The minimum Gasteiger partial charge on any atom is -0.294 e. The molecule has 0 bridgehead atoms. The fourth-order valence-electron chi connectivity index (χ4n) is 1.45. The molecule has 1 unspecified atom stereocenters. The van der Waals surface area contributed by atoms with E-state index in [4.69, 9.17) is 0 Å². The SMILES string of the molecule is CCC(C)C(=O)c1cnc2ccsc2c1. The summed E-state index contributed by atoms with van der Waals surface area (Å²) in [6.07, 6.45) is 2.56. The Balaban J connectivity index is 2.39. The number of Topliss-reactive ketones (excluding diaryl/α,β-unsaturated/α-hetero) is 1. The molecule has 0 saturated carbocycles. The standard InChI is InChI=1S/C12H13NOS/c1-3-8(2)12(14)9-6-11-10(13-7-9)4-5-15-11/h4-8H,3H2,1-2H3. The molecule has 2 aromatic heterocycles. The molecule has 0 aromatic carbocycles. The molecule has 2 rings (SSSR count). The number of thiophene rings is 1. The first-order chi connectivity index (χ1) is 7.22. The second-order valence-electron chi connectivity index (χ2n) is 3.70. The Kier molecular flexibility index (Phi) is 2.82. The van der Waals surface area contributed by atoms with Crippen LogP contribution in [-0.2, 0) is 0 Å². The molecule has 2 nitrogen and oxygen atoms in total. The van der Waals surface area contributed by atoms with E-state index in [-0.39, 0.29) is 11.7 Å². The molecule has 0 aliphatic heterocycles. The van der Waals surface area contributed by atoms with Crippen molar-refractivity contribution in [3.05, 3.63) is 29.3 Å². The van der Waals surface area contributed by atoms with Gasteiger partial charge in [-0.15, -0.1) is 11.3 Å². The lowest BCUT2D eigenvalue weighted by molar-refractivity contribution is 0.0927. The van der Waals surface area contributed by atoms with Crippen molar-refractivity contribution in [3.8, 4) is 0 Å². The lowest BCUT2D eigenvalue weighted by Gasteiger charge is -2.06. The Bertz CT molecular complexity index is 489. The third-order valence-electron chi connectivity index (χ3n) is 2.65. The Labute approximate surface area is 93.0 Å². The largest absolute Gasteiger partial charge is 0.294 e. The molecular weight excluding hydrogens is 206 g/mol. The molecule has 0 radical (unpaired) electrons. The maximum Gasteiger partial charge on any atom is 0.167 e. The summed E-state index contributed by atoms with van der Waals surface area (Å²) < 4.78 is 1.09. The number of fused-ring (bicyclic) bond motifs is 1. The number of aromatic nitrogens is 1. The highest BCUT2D eigenvalue weighted by atomic mass is 32.1. The van der Waals surface area contributed by atoms with Gasteiger partial charge in [-0.1, -0.05) is 13.8 Å². The normalized spacial score (nSPS) is 12.9. The van der Waals surface area contributed by atoms with Gasteiger partial charge in [0.1, 0.15) is 0 Å². The van der Waals surface area contributed by atoms with Gasteiger partial charge >= 0.3 is 0 Å². The molecule has 2 heterocycles.